The first-order valence-corrected chi connectivity index (χ1v) is 11.5. The Hall–Kier alpha value is -3.23. The zero-order valence-electron chi connectivity index (χ0n) is 16.2. The second kappa shape index (κ2) is 8.49. The van der Waals surface area contributed by atoms with E-state index in [9.17, 15) is 19.1 Å². The molecule has 2 heterocycles. The lowest BCUT2D eigenvalue weighted by atomic mass is 10.1. The standard InChI is InChI=1S/C21H17N2O6PS/c1-28-15-9-7-13(8-10-15)19(24)20-18(16-11-12-17(29-16)30(25,26)27)23-21(31-20)22-14-5-3-2-4-6-14/h2-12H,1H3,(H,22,23)(H2,25,26,27). The Morgan fingerprint density at radius 3 is 2.39 bits per heavy atom. The fraction of sp³-hybridized carbons (Fsp3) is 0.0476. The molecule has 31 heavy (non-hydrogen) atoms. The van der Waals surface area contributed by atoms with Gasteiger partial charge in [0, 0.05) is 11.3 Å². The van der Waals surface area contributed by atoms with Gasteiger partial charge < -0.3 is 24.3 Å². The summed E-state index contributed by atoms with van der Waals surface area (Å²) in [5.74, 6) is 0.405. The van der Waals surface area contributed by atoms with Crippen molar-refractivity contribution < 1.29 is 28.3 Å². The molecule has 4 aromatic rings. The molecule has 158 valence electrons. The minimum Gasteiger partial charge on any atom is -0.497 e. The largest absolute Gasteiger partial charge is 0.497 e. The van der Waals surface area contributed by atoms with Gasteiger partial charge in [0.15, 0.2) is 10.9 Å². The average Bonchev–Trinajstić information content (AvgIpc) is 3.41. The number of ketones is 1. The van der Waals surface area contributed by atoms with E-state index in [1.165, 1.54) is 19.2 Å². The number of ether oxygens (including phenoxy) is 1. The van der Waals surface area contributed by atoms with Gasteiger partial charge in [0.1, 0.15) is 16.3 Å². The highest BCUT2D eigenvalue weighted by atomic mass is 32.1. The number of rotatable bonds is 7. The van der Waals surface area contributed by atoms with Crippen molar-refractivity contribution in [1.29, 1.82) is 0 Å². The van der Waals surface area contributed by atoms with Crippen LogP contribution in [-0.2, 0) is 4.57 Å². The molecule has 0 unspecified atom stereocenters. The Balaban J connectivity index is 1.76. The van der Waals surface area contributed by atoms with Crippen LogP contribution in [0.5, 0.6) is 5.75 Å². The summed E-state index contributed by atoms with van der Waals surface area (Å²) in [4.78, 5) is 36.7. The van der Waals surface area contributed by atoms with Crippen LogP contribution < -0.4 is 15.6 Å². The van der Waals surface area contributed by atoms with E-state index in [0.717, 1.165) is 17.0 Å². The van der Waals surface area contributed by atoms with Crippen molar-refractivity contribution in [1.82, 2.24) is 4.98 Å². The lowest BCUT2D eigenvalue weighted by molar-refractivity contribution is 0.104. The van der Waals surface area contributed by atoms with Crippen molar-refractivity contribution in [3.05, 3.63) is 77.2 Å². The van der Waals surface area contributed by atoms with E-state index in [2.05, 4.69) is 10.3 Å². The number of aromatic nitrogens is 1. The molecule has 3 N–H and O–H groups in total. The van der Waals surface area contributed by atoms with Gasteiger partial charge in [0.25, 0.3) is 0 Å². The lowest BCUT2D eigenvalue weighted by Gasteiger charge is -2.03. The zero-order chi connectivity index (χ0) is 22.0. The number of benzene rings is 2. The number of para-hydroxylation sites is 1. The van der Waals surface area contributed by atoms with Crippen molar-refractivity contribution in [2.75, 3.05) is 12.4 Å². The second-order valence-electron chi connectivity index (χ2n) is 6.43. The number of methoxy groups -OCH3 is 1. The van der Waals surface area contributed by atoms with Gasteiger partial charge in [0.2, 0.25) is 11.3 Å². The molecule has 0 saturated carbocycles. The number of anilines is 2. The third-order valence-electron chi connectivity index (χ3n) is 4.32. The van der Waals surface area contributed by atoms with Gasteiger partial charge in [-0.1, -0.05) is 29.5 Å². The van der Waals surface area contributed by atoms with Gasteiger partial charge >= 0.3 is 7.60 Å². The number of carbonyl (C=O) groups is 1. The molecule has 0 aliphatic carbocycles. The fourth-order valence-corrected chi connectivity index (χ4v) is 4.26. The van der Waals surface area contributed by atoms with Crippen LogP contribution >= 0.6 is 18.9 Å². The zero-order valence-corrected chi connectivity index (χ0v) is 17.9. The molecule has 2 aromatic heterocycles. The summed E-state index contributed by atoms with van der Waals surface area (Å²) in [6.07, 6.45) is 0. The number of nitrogens with zero attached hydrogens (tertiary/aromatic N) is 1. The molecule has 4 rings (SSSR count). The number of thiazole rings is 1. The molecule has 0 fully saturated rings. The minimum absolute atomic E-state index is 0.0903. The minimum atomic E-state index is -4.58. The third-order valence-corrected chi connectivity index (χ3v) is 6.11. The summed E-state index contributed by atoms with van der Waals surface area (Å²) >= 11 is 1.12. The summed E-state index contributed by atoms with van der Waals surface area (Å²) in [7, 11) is -3.04. The Morgan fingerprint density at radius 1 is 1.06 bits per heavy atom. The Labute approximate surface area is 181 Å². The average molecular weight is 456 g/mol. The highest BCUT2D eigenvalue weighted by molar-refractivity contribution is 7.59. The molecule has 8 nitrogen and oxygen atoms in total. The van der Waals surface area contributed by atoms with Crippen molar-refractivity contribution >= 4 is 41.0 Å². The summed E-state index contributed by atoms with van der Waals surface area (Å²) in [5, 5.41) is 3.57. The van der Waals surface area contributed by atoms with Gasteiger partial charge in [0.05, 0.1) is 7.11 Å². The summed E-state index contributed by atoms with van der Waals surface area (Å²) in [6, 6.07) is 18.5. The van der Waals surface area contributed by atoms with Gasteiger partial charge in [-0.15, -0.1) is 0 Å². The van der Waals surface area contributed by atoms with Crippen LogP contribution in [0.2, 0.25) is 0 Å². The predicted molar refractivity (Wildman–Crippen MR) is 118 cm³/mol. The molecule has 0 spiro atoms. The number of hydrogen-bond acceptors (Lipinski definition) is 7. The fourth-order valence-electron chi connectivity index (χ4n) is 2.82. The van der Waals surface area contributed by atoms with Crippen LogP contribution in [0.15, 0.2) is 71.1 Å². The van der Waals surface area contributed by atoms with Crippen LogP contribution in [0.25, 0.3) is 11.5 Å². The van der Waals surface area contributed by atoms with E-state index in [1.54, 1.807) is 24.3 Å². The molecule has 0 aliphatic rings. The van der Waals surface area contributed by atoms with Crippen molar-refractivity contribution in [2.45, 2.75) is 0 Å². The Kier molecular flexibility index (Phi) is 5.75. The topological polar surface area (TPSA) is 122 Å². The SMILES string of the molecule is COc1ccc(C(=O)c2sc(Nc3ccccc3)nc2-c2ccc(P(=O)(O)O)o2)cc1. The van der Waals surface area contributed by atoms with Gasteiger partial charge in [-0.05, 0) is 48.5 Å². The van der Waals surface area contributed by atoms with E-state index >= 15 is 0 Å². The van der Waals surface area contributed by atoms with E-state index in [0.29, 0.717) is 16.4 Å². The first-order valence-electron chi connectivity index (χ1n) is 9.03. The molecule has 0 atom stereocenters. The van der Waals surface area contributed by atoms with Gasteiger partial charge in [-0.3, -0.25) is 9.36 Å². The van der Waals surface area contributed by atoms with Crippen LogP contribution in [0.1, 0.15) is 15.2 Å². The predicted octanol–water partition coefficient (Wildman–Crippen LogP) is 4.19. The number of furan rings is 1. The van der Waals surface area contributed by atoms with Crippen molar-refractivity contribution in [3.8, 4) is 17.2 Å². The maximum absolute atomic E-state index is 13.2. The van der Waals surface area contributed by atoms with E-state index in [1.807, 2.05) is 30.3 Å². The highest BCUT2D eigenvalue weighted by Gasteiger charge is 2.27. The molecular weight excluding hydrogens is 439 g/mol. The van der Waals surface area contributed by atoms with E-state index in [4.69, 9.17) is 9.15 Å². The molecule has 0 bridgehead atoms. The first kappa shape index (κ1) is 21.0. The maximum Gasteiger partial charge on any atom is 0.391 e. The number of hydrogen-bond donors (Lipinski definition) is 3. The van der Waals surface area contributed by atoms with Gasteiger partial charge in [-0.25, -0.2) is 4.98 Å². The van der Waals surface area contributed by atoms with Crippen LogP contribution in [0.4, 0.5) is 10.8 Å². The lowest BCUT2D eigenvalue weighted by Crippen LogP contribution is -2.01. The second-order valence-corrected chi connectivity index (χ2v) is 8.96. The Morgan fingerprint density at radius 2 is 1.77 bits per heavy atom. The normalized spacial score (nSPS) is 11.3. The molecule has 2 aromatic carbocycles. The van der Waals surface area contributed by atoms with Crippen molar-refractivity contribution in [2.24, 2.45) is 0 Å². The molecule has 10 heteroatoms. The van der Waals surface area contributed by atoms with E-state index in [-0.39, 0.29) is 22.1 Å². The van der Waals surface area contributed by atoms with Crippen molar-refractivity contribution in [3.63, 3.8) is 0 Å². The third kappa shape index (κ3) is 4.60. The monoisotopic (exact) mass is 456 g/mol. The molecular formula is C21H17N2O6PS. The quantitative estimate of drug-likeness (QED) is 0.280. The molecule has 0 radical (unpaired) electrons. The summed E-state index contributed by atoms with van der Waals surface area (Å²) in [6.45, 7) is 0. The van der Waals surface area contributed by atoms with Gasteiger partial charge in [-0.2, -0.15) is 0 Å². The molecule has 0 saturated heterocycles. The van der Waals surface area contributed by atoms with Crippen LogP contribution in [0, 0.1) is 0 Å². The summed E-state index contributed by atoms with van der Waals surface area (Å²) in [5.41, 5.74) is 0.903. The molecule has 0 aliphatic heterocycles. The molecule has 0 amide bonds. The summed E-state index contributed by atoms with van der Waals surface area (Å²) < 4.78 is 22.0. The number of carbonyl (C=O) groups excluding carboxylic acids is 1. The van der Waals surface area contributed by atoms with E-state index < -0.39 is 13.1 Å². The van der Waals surface area contributed by atoms with Crippen LogP contribution in [-0.4, -0.2) is 27.7 Å². The number of nitrogens with one attached hydrogen (secondary N) is 1. The first-order chi connectivity index (χ1) is 14.8. The Bertz CT molecular complexity index is 1260. The van der Waals surface area contributed by atoms with Crippen LogP contribution in [0.3, 0.4) is 0 Å². The maximum atomic E-state index is 13.2. The highest BCUT2D eigenvalue weighted by Crippen LogP contribution is 2.38. The smallest absolute Gasteiger partial charge is 0.391 e.